The molecule has 1 aromatic carbocycles. The van der Waals surface area contributed by atoms with Crippen molar-refractivity contribution in [3.63, 3.8) is 0 Å². The van der Waals surface area contributed by atoms with Gasteiger partial charge in [-0.05, 0) is 43.4 Å². The van der Waals surface area contributed by atoms with Gasteiger partial charge in [-0.25, -0.2) is 8.42 Å². The predicted molar refractivity (Wildman–Crippen MR) is 81.5 cm³/mol. The summed E-state index contributed by atoms with van der Waals surface area (Å²) >= 11 is 0. The van der Waals surface area contributed by atoms with E-state index >= 15 is 0 Å². The van der Waals surface area contributed by atoms with Gasteiger partial charge >= 0.3 is 0 Å². The molecule has 4 nitrogen and oxygen atoms in total. The highest BCUT2D eigenvalue weighted by Crippen LogP contribution is 2.32. The number of rotatable bonds is 3. The lowest BCUT2D eigenvalue weighted by molar-refractivity contribution is 0.537. The van der Waals surface area contributed by atoms with Gasteiger partial charge in [-0.15, -0.1) is 0 Å². The molecule has 2 unspecified atom stereocenters. The standard InChI is InChI=1S/C15H22N2O2S/c1-12-9-13-5-2-3-7-15(13)17(10-12)20(18,19)11-14-6-4-8-16-14/h2-3,5,7,12,14,16H,4,6,8-11H2,1H3. The number of fused-ring (bicyclic) bond motifs is 1. The van der Waals surface area contributed by atoms with E-state index in [0.29, 0.717) is 12.5 Å². The maximum absolute atomic E-state index is 12.7. The minimum Gasteiger partial charge on any atom is -0.313 e. The van der Waals surface area contributed by atoms with Gasteiger partial charge in [-0.3, -0.25) is 4.31 Å². The summed E-state index contributed by atoms with van der Waals surface area (Å²) in [5.41, 5.74) is 2.03. The van der Waals surface area contributed by atoms with Gasteiger partial charge in [-0.1, -0.05) is 25.1 Å². The van der Waals surface area contributed by atoms with E-state index in [0.717, 1.165) is 37.1 Å². The molecule has 2 aliphatic heterocycles. The molecule has 0 bridgehead atoms. The molecule has 0 aliphatic carbocycles. The van der Waals surface area contributed by atoms with Crippen LogP contribution in [0.15, 0.2) is 24.3 Å². The lowest BCUT2D eigenvalue weighted by Crippen LogP contribution is -2.44. The largest absolute Gasteiger partial charge is 0.313 e. The molecule has 1 N–H and O–H groups in total. The molecular formula is C15H22N2O2S. The summed E-state index contributed by atoms with van der Waals surface area (Å²) < 4.78 is 27.1. The third kappa shape index (κ3) is 2.69. The SMILES string of the molecule is CC1Cc2ccccc2N(S(=O)(=O)CC2CCCN2)C1. The minimum absolute atomic E-state index is 0.115. The van der Waals surface area contributed by atoms with Crippen LogP contribution in [0.1, 0.15) is 25.3 Å². The van der Waals surface area contributed by atoms with E-state index in [1.165, 1.54) is 0 Å². The van der Waals surface area contributed by atoms with Crippen LogP contribution in [0.2, 0.25) is 0 Å². The zero-order valence-corrected chi connectivity index (χ0v) is 12.7. The van der Waals surface area contributed by atoms with E-state index in [2.05, 4.69) is 12.2 Å². The van der Waals surface area contributed by atoms with Crippen molar-refractivity contribution < 1.29 is 8.42 Å². The van der Waals surface area contributed by atoms with Crippen molar-refractivity contribution in [3.8, 4) is 0 Å². The van der Waals surface area contributed by atoms with Crippen molar-refractivity contribution in [2.45, 2.75) is 32.2 Å². The average molecular weight is 294 g/mol. The van der Waals surface area contributed by atoms with Crippen LogP contribution < -0.4 is 9.62 Å². The fourth-order valence-corrected chi connectivity index (χ4v) is 5.19. The lowest BCUT2D eigenvalue weighted by atomic mass is 9.96. The molecule has 20 heavy (non-hydrogen) atoms. The first-order valence-corrected chi connectivity index (χ1v) is 8.99. The maximum Gasteiger partial charge on any atom is 0.236 e. The van der Waals surface area contributed by atoms with Gasteiger partial charge in [0.05, 0.1) is 11.4 Å². The van der Waals surface area contributed by atoms with Gasteiger partial charge < -0.3 is 5.32 Å². The molecule has 3 rings (SSSR count). The maximum atomic E-state index is 12.7. The average Bonchev–Trinajstić information content (AvgIpc) is 2.89. The molecule has 0 amide bonds. The summed E-state index contributed by atoms with van der Waals surface area (Å²) in [6.07, 6.45) is 3.00. The van der Waals surface area contributed by atoms with Gasteiger partial charge in [0.15, 0.2) is 0 Å². The van der Waals surface area contributed by atoms with Crippen LogP contribution in [0, 0.1) is 5.92 Å². The molecule has 1 fully saturated rings. The second-order valence-electron chi connectivity index (χ2n) is 6.04. The molecule has 0 saturated carbocycles. The number of sulfonamides is 1. The summed E-state index contributed by atoms with van der Waals surface area (Å²) in [6, 6.07) is 8.00. The Morgan fingerprint density at radius 3 is 2.90 bits per heavy atom. The number of nitrogens with zero attached hydrogens (tertiary/aromatic N) is 1. The molecule has 0 aromatic heterocycles. The first-order valence-electron chi connectivity index (χ1n) is 7.38. The van der Waals surface area contributed by atoms with Gasteiger partial charge in [0.2, 0.25) is 10.0 Å². The van der Waals surface area contributed by atoms with Crippen LogP contribution in [0.3, 0.4) is 0 Å². The minimum atomic E-state index is -3.24. The summed E-state index contributed by atoms with van der Waals surface area (Å²) in [4.78, 5) is 0. The van der Waals surface area contributed by atoms with E-state index in [-0.39, 0.29) is 11.8 Å². The number of nitrogens with one attached hydrogen (secondary N) is 1. The monoisotopic (exact) mass is 294 g/mol. The summed E-state index contributed by atoms with van der Waals surface area (Å²) in [6.45, 7) is 3.66. The summed E-state index contributed by atoms with van der Waals surface area (Å²) in [7, 11) is -3.24. The molecule has 1 saturated heterocycles. The van der Waals surface area contributed by atoms with Gasteiger partial charge in [-0.2, -0.15) is 0 Å². The van der Waals surface area contributed by atoms with Crippen LogP contribution in [0.4, 0.5) is 5.69 Å². The molecule has 2 heterocycles. The Kier molecular flexibility index (Phi) is 3.73. The lowest BCUT2D eigenvalue weighted by Gasteiger charge is -2.34. The number of hydrogen-bond acceptors (Lipinski definition) is 3. The quantitative estimate of drug-likeness (QED) is 0.924. The fraction of sp³-hybridized carbons (Fsp3) is 0.600. The molecule has 0 spiro atoms. The third-order valence-electron chi connectivity index (χ3n) is 4.22. The molecule has 2 aliphatic rings. The van der Waals surface area contributed by atoms with Crippen LogP contribution in [0.5, 0.6) is 0 Å². The van der Waals surface area contributed by atoms with Gasteiger partial charge in [0.1, 0.15) is 0 Å². The van der Waals surface area contributed by atoms with Crippen LogP contribution >= 0.6 is 0 Å². The number of hydrogen-bond donors (Lipinski definition) is 1. The second-order valence-corrected chi connectivity index (χ2v) is 7.98. The molecule has 2 atom stereocenters. The highest BCUT2D eigenvalue weighted by atomic mass is 32.2. The van der Waals surface area contributed by atoms with E-state index in [1.807, 2.05) is 24.3 Å². The molecule has 110 valence electrons. The Morgan fingerprint density at radius 2 is 2.15 bits per heavy atom. The van der Waals surface area contributed by atoms with E-state index in [1.54, 1.807) is 4.31 Å². The second kappa shape index (κ2) is 5.37. The Hall–Kier alpha value is -1.07. The predicted octanol–water partition coefficient (Wildman–Crippen LogP) is 1.77. The van der Waals surface area contributed by atoms with Crippen molar-refractivity contribution >= 4 is 15.7 Å². The van der Waals surface area contributed by atoms with Gasteiger partial charge in [0.25, 0.3) is 0 Å². The highest BCUT2D eigenvalue weighted by Gasteiger charge is 2.32. The van der Waals surface area contributed by atoms with Crippen LogP contribution in [0.25, 0.3) is 0 Å². The Morgan fingerprint density at radius 1 is 1.35 bits per heavy atom. The molecule has 1 aromatic rings. The van der Waals surface area contributed by atoms with Crippen molar-refractivity contribution in [1.29, 1.82) is 0 Å². The summed E-state index contributed by atoms with van der Waals surface area (Å²) in [5, 5.41) is 3.28. The normalized spacial score (nSPS) is 26.6. The molecular weight excluding hydrogens is 272 g/mol. The van der Waals surface area contributed by atoms with E-state index < -0.39 is 10.0 Å². The first kappa shape index (κ1) is 13.9. The van der Waals surface area contributed by atoms with Crippen LogP contribution in [-0.4, -0.2) is 33.3 Å². The zero-order chi connectivity index (χ0) is 14.2. The van der Waals surface area contributed by atoms with E-state index in [4.69, 9.17) is 0 Å². The summed E-state index contributed by atoms with van der Waals surface area (Å²) in [5.74, 6) is 0.588. The Labute approximate surface area is 121 Å². The molecule has 5 heteroatoms. The topological polar surface area (TPSA) is 49.4 Å². The third-order valence-corrected chi connectivity index (χ3v) is 6.06. The Bertz CT molecular complexity index is 579. The molecule has 0 radical (unpaired) electrons. The van der Waals surface area contributed by atoms with Crippen molar-refractivity contribution in [1.82, 2.24) is 5.32 Å². The number of anilines is 1. The fourth-order valence-electron chi connectivity index (χ4n) is 3.25. The zero-order valence-electron chi connectivity index (χ0n) is 11.9. The van der Waals surface area contributed by atoms with Crippen molar-refractivity contribution in [3.05, 3.63) is 29.8 Å². The number of para-hydroxylation sites is 1. The van der Waals surface area contributed by atoms with Gasteiger partial charge in [0, 0.05) is 12.6 Å². The van der Waals surface area contributed by atoms with E-state index in [9.17, 15) is 8.42 Å². The van der Waals surface area contributed by atoms with Crippen LogP contribution in [-0.2, 0) is 16.4 Å². The van der Waals surface area contributed by atoms with Crippen molar-refractivity contribution in [2.24, 2.45) is 5.92 Å². The number of benzene rings is 1. The Balaban J connectivity index is 1.88. The smallest absolute Gasteiger partial charge is 0.236 e. The first-order chi connectivity index (χ1) is 9.56. The highest BCUT2D eigenvalue weighted by molar-refractivity contribution is 7.92. The van der Waals surface area contributed by atoms with Crippen molar-refractivity contribution in [2.75, 3.05) is 23.1 Å².